The van der Waals surface area contributed by atoms with E-state index in [0.29, 0.717) is 5.57 Å². The molecule has 1 fully saturated rings. The normalized spacial score (nSPS) is 32.5. The van der Waals surface area contributed by atoms with E-state index in [2.05, 4.69) is 6.58 Å². The summed E-state index contributed by atoms with van der Waals surface area (Å²) < 4.78 is 10.7. The van der Waals surface area contributed by atoms with Crippen molar-refractivity contribution in [2.75, 3.05) is 0 Å². The van der Waals surface area contributed by atoms with Crippen LogP contribution in [-0.2, 0) is 19.1 Å². The number of carbonyl (C=O) groups is 2. The van der Waals surface area contributed by atoms with Crippen molar-refractivity contribution in [3.05, 3.63) is 12.2 Å². The summed E-state index contributed by atoms with van der Waals surface area (Å²) in [5.74, 6) is -1.26. The largest absolute Gasteiger partial charge is 0.458 e. The molecule has 0 saturated carbocycles. The first-order chi connectivity index (χ1) is 7.73. The molecule has 0 aromatic heterocycles. The average Bonchev–Trinajstić information content (AvgIpc) is 2.42. The fourth-order valence-electron chi connectivity index (χ4n) is 2.41. The van der Waals surface area contributed by atoms with Gasteiger partial charge >= 0.3 is 11.9 Å². The van der Waals surface area contributed by atoms with Crippen LogP contribution >= 0.6 is 0 Å². The third kappa shape index (κ3) is 2.08. The number of ether oxygens (including phenoxy) is 2. The van der Waals surface area contributed by atoms with E-state index in [0.717, 1.165) is 0 Å². The summed E-state index contributed by atoms with van der Waals surface area (Å²) in [6.45, 7) is 12.5. The Morgan fingerprint density at radius 1 is 1.47 bits per heavy atom. The van der Waals surface area contributed by atoms with Crippen molar-refractivity contribution in [3.63, 3.8) is 0 Å². The minimum absolute atomic E-state index is 0.0118. The van der Waals surface area contributed by atoms with Gasteiger partial charge in [-0.05, 0) is 26.7 Å². The number of carbonyl (C=O) groups excluding carboxylic acids is 2. The van der Waals surface area contributed by atoms with Gasteiger partial charge in [0.2, 0.25) is 0 Å². The minimum atomic E-state index is -0.896. The Bertz CT molecular complexity index is 358. The van der Waals surface area contributed by atoms with E-state index < -0.39 is 23.6 Å². The highest BCUT2D eigenvalue weighted by Gasteiger charge is 2.58. The summed E-state index contributed by atoms with van der Waals surface area (Å²) in [6, 6.07) is 0. The van der Waals surface area contributed by atoms with E-state index in [4.69, 9.17) is 9.47 Å². The molecule has 0 amide bonds. The van der Waals surface area contributed by atoms with E-state index >= 15 is 0 Å². The van der Waals surface area contributed by atoms with Crippen LogP contribution in [0.15, 0.2) is 12.2 Å². The maximum absolute atomic E-state index is 11.7. The third-order valence-corrected chi connectivity index (χ3v) is 3.48. The first kappa shape index (κ1) is 13.7. The zero-order valence-electron chi connectivity index (χ0n) is 11.1. The van der Waals surface area contributed by atoms with Crippen molar-refractivity contribution in [2.24, 2.45) is 11.8 Å². The van der Waals surface area contributed by atoms with Crippen LogP contribution in [0.25, 0.3) is 0 Å². The molecular formula is C13H20O4. The van der Waals surface area contributed by atoms with Gasteiger partial charge in [-0.2, -0.15) is 0 Å². The van der Waals surface area contributed by atoms with E-state index in [-0.39, 0.29) is 11.9 Å². The maximum Gasteiger partial charge on any atom is 0.333 e. The van der Waals surface area contributed by atoms with Crippen LogP contribution in [0.2, 0.25) is 0 Å². The van der Waals surface area contributed by atoms with Crippen LogP contribution in [0.5, 0.6) is 0 Å². The summed E-state index contributed by atoms with van der Waals surface area (Å²) in [6.07, 6.45) is -0.437. The van der Waals surface area contributed by atoms with Crippen LogP contribution < -0.4 is 0 Å². The summed E-state index contributed by atoms with van der Waals surface area (Å²) in [7, 11) is 0. The highest BCUT2D eigenvalue weighted by Crippen LogP contribution is 2.42. The second-order valence-corrected chi connectivity index (χ2v) is 4.98. The molecule has 4 heteroatoms. The molecule has 0 aromatic rings. The molecule has 17 heavy (non-hydrogen) atoms. The molecule has 1 aliphatic rings. The molecule has 0 spiro atoms. The average molecular weight is 240 g/mol. The highest BCUT2D eigenvalue weighted by molar-refractivity contribution is 5.88. The second kappa shape index (κ2) is 4.51. The van der Waals surface area contributed by atoms with Crippen LogP contribution in [0.4, 0.5) is 0 Å². The Kier molecular flexibility index (Phi) is 3.65. The van der Waals surface area contributed by atoms with E-state index in [1.54, 1.807) is 20.8 Å². The molecular weight excluding hydrogens is 220 g/mol. The van der Waals surface area contributed by atoms with Crippen LogP contribution in [-0.4, -0.2) is 23.6 Å². The first-order valence-electron chi connectivity index (χ1n) is 5.82. The zero-order valence-corrected chi connectivity index (χ0v) is 11.1. The standard InChI is InChI=1S/C13H20O4/c1-7(2)11(14)17-13(8(3)4)9(5)12(15)16-10(13)6/h8-10H,1H2,2-6H3. The molecule has 3 atom stereocenters. The number of hydrogen-bond donors (Lipinski definition) is 0. The fraction of sp³-hybridized carbons (Fsp3) is 0.692. The lowest BCUT2D eigenvalue weighted by Gasteiger charge is -2.37. The predicted molar refractivity (Wildman–Crippen MR) is 63.2 cm³/mol. The summed E-state index contributed by atoms with van der Waals surface area (Å²) in [5, 5.41) is 0. The van der Waals surface area contributed by atoms with Crippen molar-refractivity contribution in [1.82, 2.24) is 0 Å². The van der Waals surface area contributed by atoms with Crippen molar-refractivity contribution < 1.29 is 19.1 Å². The Labute approximate surface area is 102 Å². The van der Waals surface area contributed by atoms with Crippen LogP contribution in [0.1, 0.15) is 34.6 Å². The van der Waals surface area contributed by atoms with Crippen molar-refractivity contribution in [2.45, 2.75) is 46.3 Å². The van der Waals surface area contributed by atoms with Gasteiger partial charge in [0, 0.05) is 5.57 Å². The van der Waals surface area contributed by atoms with Gasteiger partial charge in [0.1, 0.15) is 6.10 Å². The smallest absolute Gasteiger partial charge is 0.333 e. The summed E-state index contributed by atoms with van der Waals surface area (Å²) >= 11 is 0. The molecule has 0 N–H and O–H groups in total. The molecule has 0 bridgehead atoms. The van der Waals surface area contributed by atoms with Crippen molar-refractivity contribution >= 4 is 11.9 Å². The van der Waals surface area contributed by atoms with Gasteiger partial charge < -0.3 is 9.47 Å². The van der Waals surface area contributed by atoms with E-state index in [1.807, 2.05) is 13.8 Å². The topological polar surface area (TPSA) is 52.6 Å². The molecule has 0 radical (unpaired) electrons. The van der Waals surface area contributed by atoms with Gasteiger partial charge in [-0.25, -0.2) is 4.79 Å². The van der Waals surface area contributed by atoms with Gasteiger partial charge in [0.25, 0.3) is 0 Å². The van der Waals surface area contributed by atoms with Gasteiger partial charge in [-0.1, -0.05) is 20.4 Å². The Hall–Kier alpha value is -1.32. The van der Waals surface area contributed by atoms with Crippen LogP contribution in [0.3, 0.4) is 0 Å². The highest BCUT2D eigenvalue weighted by atomic mass is 16.6. The predicted octanol–water partition coefficient (Wildman–Crippen LogP) is 2.08. The third-order valence-electron chi connectivity index (χ3n) is 3.48. The van der Waals surface area contributed by atoms with Gasteiger partial charge in [0.15, 0.2) is 5.60 Å². The lowest BCUT2D eigenvalue weighted by Crippen LogP contribution is -2.50. The monoisotopic (exact) mass is 240 g/mol. The molecule has 96 valence electrons. The SMILES string of the molecule is C=C(C)C(=O)OC1(C(C)C)C(C)OC(=O)C1C. The fourth-order valence-corrected chi connectivity index (χ4v) is 2.41. The number of hydrogen-bond acceptors (Lipinski definition) is 4. The summed E-state index contributed by atoms with van der Waals surface area (Å²) in [5.41, 5.74) is -0.573. The Morgan fingerprint density at radius 3 is 2.29 bits per heavy atom. The molecule has 3 unspecified atom stereocenters. The zero-order chi connectivity index (χ0) is 13.4. The van der Waals surface area contributed by atoms with E-state index in [1.165, 1.54) is 0 Å². The molecule has 0 aliphatic carbocycles. The number of cyclic esters (lactones) is 1. The van der Waals surface area contributed by atoms with Gasteiger partial charge in [0.05, 0.1) is 5.92 Å². The van der Waals surface area contributed by atoms with Crippen molar-refractivity contribution in [3.8, 4) is 0 Å². The molecule has 4 nitrogen and oxygen atoms in total. The first-order valence-corrected chi connectivity index (χ1v) is 5.82. The lowest BCUT2D eigenvalue weighted by atomic mass is 9.77. The summed E-state index contributed by atoms with van der Waals surface area (Å²) in [4.78, 5) is 23.3. The molecule has 0 aromatic carbocycles. The molecule has 1 saturated heterocycles. The Balaban J connectivity index is 3.10. The van der Waals surface area contributed by atoms with Crippen LogP contribution in [0, 0.1) is 11.8 Å². The quantitative estimate of drug-likeness (QED) is 0.560. The van der Waals surface area contributed by atoms with Gasteiger partial charge in [-0.15, -0.1) is 0 Å². The van der Waals surface area contributed by atoms with Crippen molar-refractivity contribution in [1.29, 1.82) is 0 Å². The minimum Gasteiger partial charge on any atom is -0.458 e. The lowest BCUT2D eigenvalue weighted by molar-refractivity contribution is -0.171. The number of esters is 2. The number of rotatable bonds is 3. The molecule has 1 heterocycles. The van der Waals surface area contributed by atoms with E-state index in [9.17, 15) is 9.59 Å². The molecule has 1 aliphatic heterocycles. The molecule has 1 rings (SSSR count). The maximum atomic E-state index is 11.7. The second-order valence-electron chi connectivity index (χ2n) is 4.98. The van der Waals surface area contributed by atoms with Gasteiger partial charge in [-0.3, -0.25) is 4.79 Å². The Morgan fingerprint density at radius 2 is 2.00 bits per heavy atom.